The van der Waals surface area contributed by atoms with Gasteiger partial charge in [-0.1, -0.05) is 24.3 Å². The Bertz CT molecular complexity index is 1380. The van der Waals surface area contributed by atoms with Gasteiger partial charge in [0.25, 0.3) is 10.1 Å². The molecule has 10 heteroatoms. The molecule has 0 heterocycles. The van der Waals surface area contributed by atoms with Crippen LogP contribution in [0.3, 0.4) is 0 Å². The molecule has 9 nitrogen and oxygen atoms in total. The zero-order chi connectivity index (χ0) is 22.5. The molecule has 3 aromatic rings. The summed E-state index contributed by atoms with van der Waals surface area (Å²) < 4.78 is 37.3. The highest BCUT2D eigenvalue weighted by molar-refractivity contribution is 7.86. The van der Waals surface area contributed by atoms with Crippen LogP contribution in [0, 0.1) is 0 Å². The smallest absolute Gasteiger partial charge is 0.296 e. The van der Waals surface area contributed by atoms with Crippen molar-refractivity contribution in [1.29, 1.82) is 0 Å². The average Bonchev–Trinajstić information content (AvgIpc) is 2.72. The molecular weight excluding hydrogens is 422 g/mol. The van der Waals surface area contributed by atoms with Crippen molar-refractivity contribution < 1.29 is 27.3 Å². The minimum atomic E-state index is -4.49. The van der Waals surface area contributed by atoms with E-state index in [1.165, 1.54) is 25.3 Å². The fourth-order valence-corrected chi connectivity index (χ4v) is 4.17. The fraction of sp³-hybridized carbons (Fsp3) is 0.0476. The fourth-order valence-electron chi connectivity index (χ4n) is 3.58. The lowest BCUT2D eigenvalue weighted by Crippen LogP contribution is -2.24. The number of ketones is 2. The number of nitrogens with one attached hydrogen (secondary N) is 1. The van der Waals surface area contributed by atoms with Gasteiger partial charge < -0.3 is 21.5 Å². The zero-order valence-corrected chi connectivity index (χ0v) is 17.0. The third-order valence-electron chi connectivity index (χ3n) is 4.99. The van der Waals surface area contributed by atoms with Gasteiger partial charge in [-0.05, 0) is 18.2 Å². The maximum Gasteiger partial charge on any atom is 0.296 e. The molecule has 3 aromatic carbocycles. The molecule has 0 atom stereocenters. The lowest BCUT2D eigenvalue weighted by Gasteiger charge is -2.24. The number of ether oxygens (including phenoxy) is 1. The molecule has 0 saturated heterocycles. The number of rotatable bonds is 4. The Balaban J connectivity index is 1.90. The Kier molecular flexibility index (Phi) is 4.68. The van der Waals surface area contributed by atoms with Gasteiger partial charge in [0, 0.05) is 22.9 Å². The van der Waals surface area contributed by atoms with Crippen LogP contribution in [-0.4, -0.2) is 31.6 Å². The Labute approximate surface area is 177 Å². The van der Waals surface area contributed by atoms with Gasteiger partial charge in [0.15, 0.2) is 11.6 Å². The first-order chi connectivity index (χ1) is 14.6. The number of fused-ring (bicyclic) bond motifs is 2. The summed E-state index contributed by atoms with van der Waals surface area (Å²) in [5.74, 6) is -0.625. The van der Waals surface area contributed by atoms with Crippen LogP contribution in [0.5, 0.6) is 5.75 Å². The molecule has 4 rings (SSSR count). The Morgan fingerprint density at radius 1 is 0.935 bits per heavy atom. The van der Waals surface area contributed by atoms with Gasteiger partial charge >= 0.3 is 0 Å². The molecule has 0 aliphatic heterocycles. The van der Waals surface area contributed by atoms with Gasteiger partial charge in [0.1, 0.15) is 10.6 Å². The van der Waals surface area contributed by atoms with Crippen LogP contribution in [0.1, 0.15) is 31.8 Å². The van der Waals surface area contributed by atoms with Crippen molar-refractivity contribution >= 4 is 44.4 Å². The highest BCUT2D eigenvalue weighted by atomic mass is 32.2. The number of hydrogen-bond donors (Lipinski definition) is 4. The normalized spacial score (nSPS) is 12.8. The van der Waals surface area contributed by atoms with Gasteiger partial charge in [-0.25, -0.2) is 0 Å². The van der Waals surface area contributed by atoms with E-state index in [1.807, 2.05) is 0 Å². The predicted molar refractivity (Wildman–Crippen MR) is 115 cm³/mol. The number of nitrogens with two attached hydrogens (primary N) is 2. The van der Waals surface area contributed by atoms with E-state index in [1.54, 1.807) is 24.3 Å². The van der Waals surface area contributed by atoms with E-state index >= 15 is 0 Å². The average molecular weight is 439 g/mol. The maximum absolute atomic E-state index is 13.2. The molecule has 0 amide bonds. The molecule has 0 fully saturated rings. The first-order valence-electron chi connectivity index (χ1n) is 8.96. The summed E-state index contributed by atoms with van der Waals surface area (Å²) in [6.07, 6.45) is 0. The van der Waals surface area contributed by atoms with Crippen LogP contribution in [-0.2, 0) is 10.1 Å². The summed E-state index contributed by atoms with van der Waals surface area (Å²) in [7, 11) is -3.11. The predicted octanol–water partition coefficient (Wildman–Crippen LogP) is 2.63. The largest absolute Gasteiger partial charge is 0.494 e. The molecule has 0 radical (unpaired) electrons. The second-order valence-corrected chi connectivity index (χ2v) is 8.24. The molecular formula is C21H17N3O6S. The number of carbonyl (C=O) groups is 2. The van der Waals surface area contributed by atoms with Crippen LogP contribution in [0.25, 0.3) is 0 Å². The van der Waals surface area contributed by atoms with Crippen LogP contribution in [0.4, 0.5) is 22.7 Å². The topological polar surface area (TPSA) is 162 Å². The van der Waals surface area contributed by atoms with E-state index in [0.29, 0.717) is 5.69 Å². The molecule has 1 aliphatic carbocycles. The number of anilines is 4. The standard InChI is InChI=1S/C21H17N3O6S/c1-30-15-9-14(24-10-6-7-16(13(22)8-10)31(27,28)29)17-18(19(15)23)21(26)12-5-3-2-4-11(12)20(17)25/h2-9,24H,22-23H2,1H3,(H,27,28,29). The minimum Gasteiger partial charge on any atom is -0.494 e. The lowest BCUT2D eigenvalue weighted by atomic mass is 9.82. The van der Waals surface area contributed by atoms with Crippen molar-refractivity contribution in [1.82, 2.24) is 0 Å². The molecule has 6 N–H and O–H groups in total. The summed E-state index contributed by atoms with van der Waals surface area (Å²) in [5.41, 5.74) is 12.9. The van der Waals surface area contributed by atoms with E-state index in [2.05, 4.69) is 5.32 Å². The first kappa shape index (κ1) is 20.4. The molecule has 0 bridgehead atoms. The van der Waals surface area contributed by atoms with Crippen molar-refractivity contribution in [2.24, 2.45) is 0 Å². The van der Waals surface area contributed by atoms with Crippen molar-refractivity contribution in [3.8, 4) is 5.75 Å². The van der Waals surface area contributed by atoms with E-state index in [9.17, 15) is 22.6 Å². The summed E-state index contributed by atoms with van der Waals surface area (Å²) in [4.78, 5) is 25.9. The molecule has 31 heavy (non-hydrogen) atoms. The van der Waals surface area contributed by atoms with Crippen molar-refractivity contribution in [2.75, 3.05) is 23.9 Å². The third kappa shape index (κ3) is 3.27. The maximum atomic E-state index is 13.2. The summed E-state index contributed by atoms with van der Waals surface area (Å²) in [6.45, 7) is 0. The van der Waals surface area contributed by atoms with Crippen LogP contribution < -0.4 is 21.5 Å². The second-order valence-electron chi connectivity index (χ2n) is 6.85. The molecule has 0 unspecified atom stereocenters. The Morgan fingerprint density at radius 2 is 1.55 bits per heavy atom. The molecule has 158 valence electrons. The summed E-state index contributed by atoms with van der Waals surface area (Å²) in [5, 5.41) is 2.97. The van der Waals surface area contributed by atoms with Crippen molar-refractivity contribution in [2.45, 2.75) is 4.90 Å². The SMILES string of the molecule is COc1cc(Nc2ccc(S(=O)(=O)O)c(N)c2)c2c(c1N)C(=O)c1ccccc1C2=O. The molecule has 1 aliphatic rings. The van der Waals surface area contributed by atoms with E-state index < -0.39 is 26.6 Å². The van der Waals surface area contributed by atoms with Crippen molar-refractivity contribution in [3.05, 3.63) is 70.8 Å². The van der Waals surface area contributed by atoms with Crippen LogP contribution in [0.15, 0.2) is 53.4 Å². The highest BCUT2D eigenvalue weighted by Crippen LogP contribution is 2.41. The molecule has 0 aromatic heterocycles. The number of benzene rings is 3. The van der Waals surface area contributed by atoms with E-state index in [-0.39, 0.29) is 45.1 Å². The quantitative estimate of drug-likeness (QED) is 0.276. The molecule has 0 spiro atoms. The zero-order valence-electron chi connectivity index (χ0n) is 16.2. The number of hydrogen-bond acceptors (Lipinski definition) is 8. The van der Waals surface area contributed by atoms with Gasteiger partial charge in [0.2, 0.25) is 0 Å². The number of methoxy groups -OCH3 is 1. The number of carbonyl (C=O) groups excluding carboxylic acids is 2. The van der Waals surface area contributed by atoms with Crippen LogP contribution >= 0.6 is 0 Å². The van der Waals surface area contributed by atoms with Gasteiger partial charge in [-0.2, -0.15) is 8.42 Å². The van der Waals surface area contributed by atoms with E-state index in [0.717, 1.165) is 6.07 Å². The summed E-state index contributed by atoms with van der Waals surface area (Å²) >= 11 is 0. The lowest BCUT2D eigenvalue weighted by molar-refractivity contribution is 0.0980. The van der Waals surface area contributed by atoms with Gasteiger partial charge in [0.05, 0.1) is 35.3 Å². The number of nitrogen functional groups attached to an aromatic ring is 2. The van der Waals surface area contributed by atoms with Gasteiger partial charge in [-0.15, -0.1) is 0 Å². The minimum absolute atomic E-state index is 0.0214. The highest BCUT2D eigenvalue weighted by Gasteiger charge is 2.35. The third-order valence-corrected chi connectivity index (χ3v) is 5.91. The first-order valence-corrected chi connectivity index (χ1v) is 10.4. The second kappa shape index (κ2) is 7.11. The summed E-state index contributed by atoms with van der Waals surface area (Å²) in [6, 6.07) is 11.7. The Hall–Kier alpha value is -3.89. The Morgan fingerprint density at radius 3 is 2.10 bits per heavy atom. The van der Waals surface area contributed by atoms with Crippen LogP contribution in [0.2, 0.25) is 0 Å². The monoisotopic (exact) mass is 439 g/mol. The van der Waals surface area contributed by atoms with Gasteiger partial charge in [-0.3, -0.25) is 14.1 Å². The van der Waals surface area contributed by atoms with E-state index in [4.69, 9.17) is 16.2 Å². The molecule has 0 saturated carbocycles. The van der Waals surface area contributed by atoms with Crippen molar-refractivity contribution in [3.63, 3.8) is 0 Å².